The molecule has 126 valence electrons. The maximum absolute atomic E-state index is 11.7. The van der Waals surface area contributed by atoms with Crippen LogP contribution in [0.3, 0.4) is 0 Å². The van der Waals surface area contributed by atoms with E-state index >= 15 is 0 Å². The predicted octanol–water partition coefficient (Wildman–Crippen LogP) is 1.32. The van der Waals surface area contributed by atoms with E-state index < -0.39 is 9.84 Å². The molecule has 0 saturated carbocycles. The molecular formula is C16H19N5O2S. The van der Waals surface area contributed by atoms with E-state index in [4.69, 9.17) is 0 Å². The average molecular weight is 345 g/mol. The van der Waals surface area contributed by atoms with Crippen LogP contribution in [-0.4, -0.2) is 48.0 Å². The van der Waals surface area contributed by atoms with Crippen molar-refractivity contribution < 1.29 is 8.42 Å². The molecule has 1 aliphatic heterocycles. The van der Waals surface area contributed by atoms with Crippen molar-refractivity contribution in [2.24, 2.45) is 0 Å². The van der Waals surface area contributed by atoms with Crippen LogP contribution in [0.4, 0.5) is 5.82 Å². The number of para-hydroxylation sites is 1. The van der Waals surface area contributed by atoms with Crippen LogP contribution < -0.4 is 4.90 Å². The maximum atomic E-state index is 11.7. The summed E-state index contributed by atoms with van der Waals surface area (Å²) in [5.74, 6) is 0.689. The lowest BCUT2D eigenvalue weighted by Gasteiger charge is -2.22. The quantitative estimate of drug-likeness (QED) is 0.830. The summed E-state index contributed by atoms with van der Waals surface area (Å²) in [4.78, 5) is 3.23. The smallest absolute Gasteiger partial charge is 0.207 e. The van der Waals surface area contributed by atoms with Crippen LogP contribution in [0.25, 0.3) is 5.69 Å². The van der Waals surface area contributed by atoms with Gasteiger partial charge in [-0.25, -0.2) is 8.42 Å². The molecule has 0 radical (unpaired) electrons. The van der Waals surface area contributed by atoms with Crippen LogP contribution in [0.2, 0.25) is 0 Å². The lowest BCUT2D eigenvalue weighted by Crippen LogP contribution is -2.33. The summed E-state index contributed by atoms with van der Waals surface area (Å²) in [7, 11) is -1.23. The number of rotatable bonds is 4. The number of nitrogens with zero attached hydrogens (tertiary/aromatic N) is 5. The van der Waals surface area contributed by atoms with E-state index in [1.165, 1.54) is 4.80 Å². The van der Waals surface area contributed by atoms with Crippen molar-refractivity contribution in [3.05, 3.63) is 35.5 Å². The first-order chi connectivity index (χ1) is 11.4. The van der Waals surface area contributed by atoms with E-state index in [0.29, 0.717) is 12.2 Å². The van der Waals surface area contributed by atoms with Crippen LogP contribution in [0.15, 0.2) is 24.3 Å². The molecular weight excluding hydrogens is 326 g/mol. The molecule has 2 heterocycles. The predicted molar refractivity (Wildman–Crippen MR) is 90.9 cm³/mol. The number of sulfone groups is 1. The first-order valence-corrected chi connectivity index (χ1v) is 9.66. The molecule has 1 unspecified atom stereocenters. The molecule has 0 spiro atoms. The van der Waals surface area contributed by atoms with Gasteiger partial charge in [0.25, 0.3) is 0 Å². The third-order valence-corrected chi connectivity index (χ3v) is 6.13. The number of hydrogen-bond donors (Lipinski definition) is 0. The summed E-state index contributed by atoms with van der Waals surface area (Å²) in [5.41, 5.74) is 2.11. The standard InChI is InChI=1S/C16H19N5O2S/c1-3-12-6-4-5-7-15(12)21-18-14(10-17)16(19-21)20(2)13-8-9-24(22,23)11-13/h4-7,13H,3,8-9,11H2,1-2H3. The second-order valence-corrected chi connectivity index (χ2v) is 8.15. The molecule has 0 bridgehead atoms. The van der Waals surface area contributed by atoms with E-state index in [-0.39, 0.29) is 23.2 Å². The van der Waals surface area contributed by atoms with Crippen molar-refractivity contribution in [3.63, 3.8) is 0 Å². The summed E-state index contributed by atoms with van der Waals surface area (Å²) >= 11 is 0. The van der Waals surface area contributed by atoms with Gasteiger partial charge in [-0.3, -0.25) is 0 Å². The van der Waals surface area contributed by atoms with Gasteiger partial charge in [0.05, 0.1) is 17.2 Å². The molecule has 8 heteroatoms. The van der Waals surface area contributed by atoms with Crippen molar-refractivity contribution in [2.45, 2.75) is 25.8 Å². The molecule has 1 aliphatic rings. The minimum absolute atomic E-state index is 0.0901. The Morgan fingerprint density at radius 1 is 1.38 bits per heavy atom. The van der Waals surface area contributed by atoms with Crippen LogP contribution in [0.5, 0.6) is 0 Å². The highest BCUT2D eigenvalue weighted by Crippen LogP contribution is 2.24. The van der Waals surface area contributed by atoms with Crippen molar-refractivity contribution in [1.29, 1.82) is 5.26 Å². The van der Waals surface area contributed by atoms with Gasteiger partial charge >= 0.3 is 0 Å². The number of benzene rings is 1. The second kappa shape index (κ2) is 6.24. The number of aromatic nitrogens is 3. The third-order valence-electron chi connectivity index (χ3n) is 4.38. The summed E-state index contributed by atoms with van der Waals surface area (Å²) in [6.45, 7) is 2.05. The van der Waals surface area contributed by atoms with Crippen molar-refractivity contribution in [2.75, 3.05) is 23.5 Å². The van der Waals surface area contributed by atoms with Crippen molar-refractivity contribution >= 4 is 15.7 Å². The topological polar surface area (TPSA) is 91.9 Å². The summed E-state index contributed by atoms with van der Waals surface area (Å²) < 4.78 is 23.4. The highest BCUT2D eigenvalue weighted by molar-refractivity contribution is 7.91. The second-order valence-electron chi connectivity index (χ2n) is 5.92. The van der Waals surface area contributed by atoms with Gasteiger partial charge in [-0.05, 0) is 24.5 Å². The monoisotopic (exact) mass is 345 g/mol. The molecule has 7 nitrogen and oxygen atoms in total. The van der Waals surface area contributed by atoms with E-state index in [1.54, 1.807) is 11.9 Å². The van der Waals surface area contributed by atoms with Crippen molar-refractivity contribution in [3.8, 4) is 11.8 Å². The Bertz CT molecular complexity index is 897. The van der Waals surface area contributed by atoms with Crippen LogP contribution in [-0.2, 0) is 16.3 Å². The Labute approximate surface area is 141 Å². The zero-order valence-electron chi connectivity index (χ0n) is 13.7. The Morgan fingerprint density at radius 3 is 2.75 bits per heavy atom. The number of hydrogen-bond acceptors (Lipinski definition) is 6. The van der Waals surface area contributed by atoms with Gasteiger partial charge in [-0.2, -0.15) is 5.26 Å². The van der Waals surface area contributed by atoms with Crippen molar-refractivity contribution in [1.82, 2.24) is 15.0 Å². The van der Waals surface area contributed by atoms with Crippen LogP contribution in [0, 0.1) is 11.3 Å². The molecule has 1 fully saturated rings. The largest absolute Gasteiger partial charge is 0.352 e. The zero-order chi connectivity index (χ0) is 17.3. The van der Waals surface area contributed by atoms with Gasteiger partial charge in [0.1, 0.15) is 6.07 Å². The van der Waals surface area contributed by atoms with E-state index in [1.807, 2.05) is 31.2 Å². The molecule has 24 heavy (non-hydrogen) atoms. The van der Waals surface area contributed by atoms with E-state index in [2.05, 4.69) is 16.3 Å². The Kier molecular flexibility index (Phi) is 4.28. The van der Waals surface area contributed by atoms with Gasteiger partial charge in [0.2, 0.25) is 5.69 Å². The normalized spacial score (nSPS) is 19.1. The molecule has 1 atom stereocenters. The molecule has 0 amide bonds. The summed E-state index contributed by atoms with van der Waals surface area (Å²) in [6, 6.07) is 9.65. The summed E-state index contributed by atoms with van der Waals surface area (Å²) in [5, 5.41) is 18.1. The zero-order valence-corrected chi connectivity index (χ0v) is 14.5. The van der Waals surface area contributed by atoms with Crippen LogP contribution in [0.1, 0.15) is 24.6 Å². The summed E-state index contributed by atoms with van der Waals surface area (Å²) in [6.07, 6.45) is 1.37. The fraction of sp³-hybridized carbons (Fsp3) is 0.438. The first kappa shape index (κ1) is 16.5. The highest BCUT2D eigenvalue weighted by Gasteiger charge is 2.33. The fourth-order valence-electron chi connectivity index (χ4n) is 2.98. The maximum Gasteiger partial charge on any atom is 0.207 e. The third kappa shape index (κ3) is 2.99. The Hall–Kier alpha value is -2.40. The minimum atomic E-state index is -3.00. The molecule has 3 rings (SSSR count). The fourth-order valence-corrected chi connectivity index (χ4v) is 4.75. The molecule has 1 aromatic heterocycles. The average Bonchev–Trinajstić information content (AvgIpc) is 3.17. The van der Waals surface area contributed by atoms with Gasteiger partial charge in [-0.15, -0.1) is 15.0 Å². The van der Waals surface area contributed by atoms with Gasteiger partial charge in [-0.1, -0.05) is 25.1 Å². The molecule has 0 aliphatic carbocycles. The Balaban J connectivity index is 1.98. The number of nitriles is 1. The first-order valence-electron chi connectivity index (χ1n) is 7.84. The minimum Gasteiger partial charge on any atom is -0.352 e. The lowest BCUT2D eigenvalue weighted by atomic mass is 10.1. The number of anilines is 1. The highest BCUT2D eigenvalue weighted by atomic mass is 32.2. The van der Waals surface area contributed by atoms with Gasteiger partial charge in [0.15, 0.2) is 15.7 Å². The van der Waals surface area contributed by atoms with Gasteiger partial charge in [0, 0.05) is 13.1 Å². The molecule has 1 saturated heterocycles. The molecule has 2 aromatic rings. The number of aryl methyl sites for hydroxylation is 1. The van der Waals surface area contributed by atoms with Gasteiger partial charge < -0.3 is 4.90 Å². The van der Waals surface area contributed by atoms with E-state index in [9.17, 15) is 13.7 Å². The lowest BCUT2D eigenvalue weighted by molar-refractivity contribution is 0.600. The molecule has 0 N–H and O–H groups in total. The van der Waals surface area contributed by atoms with Crippen LogP contribution >= 0.6 is 0 Å². The Morgan fingerprint density at radius 2 is 2.12 bits per heavy atom. The van der Waals surface area contributed by atoms with E-state index in [0.717, 1.165) is 17.7 Å². The molecule has 1 aromatic carbocycles. The SMILES string of the molecule is CCc1ccccc1-n1nc(C#N)c(N(C)C2CCS(=O)(=O)C2)n1.